The summed E-state index contributed by atoms with van der Waals surface area (Å²) in [6.07, 6.45) is 6.26. The van der Waals surface area contributed by atoms with Gasteiger partial charge in [-0.05, 0) is 38.6 Å². The molecule has 20 heavy (non-hydrogen) atoms. The molecule has 2 aliphatic rings. The molecule has 1 aliphatic heterocycles. The van der Waals surface area contributed by atoms with E-state index in [0.29, 0.717) is 13.1 Å². The second-order valence-electron chi connectivity index (χ2n) is 5.91. The predicted octanol–water partition coefficient (Wildman–Crippen LogP) is 1.57. The molecule has 6 heteroatoms. The summed E-state index contributed by atoms with van der Waals surface area (Å²) in [6, 6.07) is 0.393. The van der Waals surface area contributed by atoms with Crippen LogP contribution in [0, 0.1) is 0 Å². The fourth-order valence-electron chi connectivity index (χ4n) is 3.03. The summed E-state index contributed by atoms with van der Waals surface area (Å²) in [7, 11) is -3.27. The highest BCUT2D eigenvalue weighted by Crippen LogP contribution is 2.32. The molecule has 0 radical (unpaired) electrons. The standard InChI is InChI=1S/C14H29N3O2S/c1-3-10-15-12-14-7-5-6-11-17(14)20(18,19)16(4-2)13-8-9-13/h13-15H,3-12H2,1-2H3. The molecule has 1 unspecified atom stereocenters. The zero-order valence-electron chi connectivity index (χ0n) is 12.8. The Kier molecular flexibility index (Phi) is 5.84. The molecule has 2 fully saturated rings. The van der Waals surface area contributed by atoms with E-state index in [1.165, 1.54) is 0 Å². The first kappa shape index (κ1) is 16.2. The lowest BCUT2D eigenvalue weighted by Gasteiger charge is -2.38. The van der Waals surface area contributed by atoms with E-state index in [9.17, 15) is 8.42 Å². The summed E-state index contributed by atoms with van der Waals surface area (Å²) in [6.45, 7) is 7.11. The van der Waals surface area contributed by atoms with Gasteiger partial charge in [0.05, 0.1) is 0 Å². The molecule has 118 valence electrons. The summed E-state index contributed by atoms with van der Waals surface area (Å²) >= 11 is 0. The molecule has 0 aromatic rings. The summed E-state index contributed by atoms with van der Waals surface area (Å²) < 4.78 is 29.2. The third-order valence-corrected chi connectivity index (χ3v) is 6.46. The summed E-state index contributed by atoms with van der Waals surface area (Å²) in [5.74, 6) is 0. The van der Waals surface area contributed by atoms with Crippen LogP contribution in [-0.4, -0.2) is 55.3 Å². The monoisotopic (exact) mass is 303 g/mol. The molecule has 0 aromatic heterocycles. The van der Waals surface area contributed by atoms with Crippen LogP contribution in [0.25, 0.3) is 0 Å². The lowest BCUT2D eigenvalue weighted by molar-refractivity contribution is 0.225. The summed E-state index contributed by atoms with van der Waals surface area (Å²) in [4.78, 5) is 0. The smallest absolute Gasteiger partial charge is 0.282 e. The van der Waals surface area contributed by atoms with Crippen molar-refractivity contribution in [2.75, 3.05) is 26.2 Å². The average Bonchev–Trinajstić information content (AvgIpc) is 3.24. The van der Waals surface area contributed by atoms with Crippen LogP contribution in [0.1, 0.15) is 52.4 Å². The van der Waals surface area contributed by atoms with Crippen LogP contribution in [0.5, 0.6) is 0 Å². The van der Waals surface area contributed by atoms with Crippen molar-refractivity contribution < 1.29 is 8.42 Å². The molecular formula is C14H29N3O2S. The van der Waals surface area contributed by atoms with Crippen molar-refractivity contribution >= 4 is 10.2 Å². The average molecular weight is 303 g/mol. The zero-order chi connectivity index (χ0) is 14.6. The van der Waals surface area contributed by atoms with Crippen molar-refractivity contribution in [1.29, 1.82) is 0 Å². The molecule has 1 N–H and O–H groups in total. The van der Waals surface area contributed by atoms with Crippen LogP contribution in [0.4, 0.5) is 0 Å². The van der Waals surface area contributed by atoms with Gasteiger partial charge < -0.3 is 5.32 Å². The van der Waals surface area contributed by atoms with Crippen LogP contribution in [0.3, 0.4) is 0 Å². The van der Waals surface area contributed by atoms with E-state index in [1.54, 1.807) is 8.61 Å². The van der Waals surface area contributed by atoms with Gasteiger partial charge in [0, 0.05) is 31.7 Å². The third kappa shape index (κ3) is 3.72. The van der Waals surface area contributed by atoms with Gasteiger partial charge in [0.15, 0.2) is 0 Å². The first-order chi connectivity index (χ1) is 9.61. The fourth-order valence-corrected chi connectivity index (χ4v) is 5.13. The van der Waals surface area contributed by atoms with Gasteiger partial charge in [-0.3, -0.25) is 0 Å². The van der Waals surface area contributed by atoms with Gasteiger partial charge in [0.25, 0.3) is 10.2 Å². The van der Waals surface area contributed by atoms with Gasteiger partial charge >= 0.3 is 0 Å². The maximum atomic E-state index is 12.9. The van der Waals surface area contributed by atoms with Crippen LogP contribution in [0.2, 0.25) is 0 Å². The molecule has 0 bridgehead atoms. The van der Waals surface area contributed by atoms with Gasteiger partial charge in [-0.25, -0.2) is 0 Å². The molecule has 5 nitrogen and oxygen atoms in total. The molecule has 0 spiro atoms. The van der Waals surface area contributed by atoms with E-state index < -0.39 is 10.2 Å². The van der Waals surface area contributed by atoms with E-state index in [1.807, 2.05) is 6.92 Å². The van der Waals surface area contributed by atoms with Gasteiger partial charge in [0.2, 0.25) is 0 Å². The van der Waals surface area contributed by atoms with Gasteiger partial charge in [-0.15, -0.1) is 0 Å². The van der Waals surface area contributed by atoms with Crippen molar-refractivity contribution in [3.8, 4) is 0 Å². The highest BCUT2D eigenvalue weighted by atomic mass is 32.2. The molecular weight excluding hydrogens is 274 g/mol. The van der Waals surface area contributed by atoms with E-state index in [4.69, 9.17) is 0 Å². The number of rotatable bonds is 8. The molecule has 1 heterocycles. The Morgan fingerprint density at radius 3 is 2.55 bits per heavy atom. The predicted molar refractivity (Wildman–Crippen MR) is 81.8 cm³/mol. The van der Waals surface area contributed by atoms with Gasteiger partial charge in [-0.2, -0.15) is 17.0 Å². The Morgan fingerprint density at radius 2 is 1.95 bits per heavy atom. The lowest BCUT2D eigenvalue weighted by atomic mass is 10.1. The Balaban J connectivity index is 2.05. The molecule has 1 aliphatic carbocycles. The highest BCUT2D eigenvalue weighted by Gasteiger charge is 2.42. The van der Waals surface area contributed by atoms with Crippen molar-refractivity contribution in [3.05, 3.63) is 0 Å². The summed E-state index contributed by atoms with van der Waals surface area (Å²) in [5, 5.41) is 3.38. The normalized spacial score (nSPS) is 25.2. The number of hydrogen-bond donors (Lipinski definition) is 1. The Hall–Kier alpha value is -0.170. The van der Waals surface area contributed by atoms with E-state index >= 15 is 0 Å². The van der Waals surface area contributed by atoms with Crippen LogP contribution in [0.15, 0.2) is 0 Å². The maximum absolute atomic E-state index is 12.9. The molecule has 2 rings (SSSR count). The van der Waals surface area contributed by atoms with Crippen LogP contribution < -0.4 is 5.32 Å². The first-order valence-electron chi connectivity index (χ1n) is 8.10. The van der Waals surface area contributed by atoms with Gasteiger partial charge in [0.1, 0.15) is 0 Å². The maximum Gasteiger partial charge on any atom is 0.282 e. The molecule has 0 amide bonds. The minimum absolute atomic E-state index is 0.132. The first-order valence-corrected chi connectivity index (χ1v) is 9.50. The van der Waals surface area contributed by atoms with Crippen molar-refractivity contribution in [3.63, 3.8) is 0 Å². The fraction of sp³-hybridized carbons (Fsp3) is 1.00. The second kappa shape index (κ2) is 7.20. The molecule has 1 atom stereocenters. The van der Waals surface area contributed by atoms with Crippen molar-refractivity contribution in [2.24, 2.45) is 0 Å². The van der Waals surface area contributed by atoms with E-state index in [-0.39, 0.29) is 12.1 Å². The lowest BCUT2D eigenvalue weighted by Crippen LogP contribution is -2.54. The summed E-state index contributed by atoms with van der Waals surface area (Å²) in [5.41, 5.74) is 0. The largest absolute Gasteiger partial charge is 0.315 e. The number of piperidine rings is 1. The Morgan fingerprint density at radius 1 is 1.20 bits per heavy atom. The Bertz CT molecular complexity index is 395. The van der Waals surface area contributed by atoms with E-state index in [0.717, 1.165) is 51.6 Å². The third-order valence-electron chi connectivity index (χ3n) is 4.24. The molecule has 1 saturated carbocycles. The van der Waals surface area contributed by atoms with E-state index in [2.05, 4.69) is 12.2 Å². The van der Waals surface area contributed by atoms with Crippen LogP contribution in [-0.2, 0) is 10.2 Å². The molecule has 1 saturated heterocycles. The zero-order valence-corrected chi connectivity index (χ0v) is 13.7. The van der Waals surface area contributed by atoms with Crippen LogP contribution >= 0.6 is 0 Å². The van der Waals surface area contributed by atoms with Gasteiger partial charge in [-0.1, -0.05) is 20.3 Å². The molecule has 0 aromatic carbocycles. The quantitative estimate of drug-likeness (QED) is 0.693. The van der Waals surface area contributed by atoms with Crippen molar-refractivity contribution in [2.45, 2.75) is 64.5 Å². The SMILES string of the molecule is CCCNCC1CCCCN1S(=O)(=O)N(CC)C1CC1. The Labute approximate surface area is 123 Å². The number of nitrogens with zero attached hydrogens (tertiary/aromatic N) is 2. The number of hydrogen-bond acceptors (Lipinski definition) is 3. The minimum atomic E-state index is -3.27. The minimum Gasteiger partial charge on any atom is -0.315 e. The highest BCUT2D eigenvalue weighted by molar-refractivity contribution is 7.86. The number of nitrogens with one attached hydrogen (secondary N) is 1. The van der Waals surface area contributed by atoms with Crippen molar-refractivity contribution in [1.82, 2.24) is 13.9 Å². The topological polar surface area (TPSA) is 52.7 Å². The second-order valence-corrected chi connectivity index (χ2v) is 7.74.